The van der Waals surface area contributed by atoms with Gasteiger partial charge in [-0.1, -0.05) is 11.3 Å². The molecule has 2 aromatic rings. The predicted molar refractivity (Wildman–Crippen MR) is 39.5 cm³/mol. The smallest absolute Gasteiger partial charge is 0.134 e. The fourth-order valence-corrected chi connectivity index (χ4v) is 0.457. The highest BCUT2D eigenvalue weighted by atomic mass is 15.3. The largest absolute Gasteiger partial charge is 0.265 e. The van der Waals surface area contributed by atoms with Crippen LogP contribution in [0.5, 0.6) is 0 Å². The summed E-state index contributed by atoms with van der Waals surface area (Å²) in [6.07, 6.45) is 7.47. The minimum atomic E-state index is 1.53. The van der Waals surface area contributed by atoms with Gasteiger partial charge < -0.3 is 0 Å². The molecule has 0 aliphatic carbocycles. The summed E-state index contributed by atoms with van der Waals surface area (Å²) in [4.78, 5) is 3.78. The Bertz CT molecular complexity index is 196. The monoisotopic (exact) mass is 147 g/mol. The number of pyridine rings is 1. The average Bonchev–Trinajstić information content (AvgIpc) is 2.64. The first-order valence-corrected chi connectivity index (χ1v) is 3.07. The Kier molecular flexibility index (Phi) is 3.43. The first kappa shape index (κ1) is 7.40. The third kappa shape index (κ3) is 3.80. The van der Waals surface area contributed by atoms with E-state index in [9.17, 15) is 0 Å². The van der Waals surface area contributed by atoms with Gasteiger partial charge >= 0.3 is 0 Å². The molecule has 4 nitrogen and oxygen atoms in total. The summed E-state index contributed by atoms with van der Waals surface area (Å²) in [5, 5.41) is 9.03. The van der Waals surface area contributed by atoms with Gasteiger partial charge in [-0.25, -0.2) is 0 Å². The SMILES string of the molecule is [c]1c[nH]nn1.c1ccncc1. The number of aromatic nitrogens is 4. The van der Waals surface area contributed by atoms with Crippen molar-refractivity contribution in [3.8, 4) is 0 Å². The summed E-state index contributed by atoms with van der Waals surface area (Å²) < 4.78 is 0. The summed E-state index contributed by atoms with van der Waals surface area (Å²) in [6, 6.07) is 5.72. The molecule has 0 aliphatic heterocycles. The fourth-order valence-electron chi connectivity index (χ4n) is 0.457. The van der Waals surface area contributed by atoms with Crippen LogP contribution in [0.15, 0.2) is 36.8 Å². The number of H-pyrrole nitrogens is 1. The molecule has 0 bridgehead atoms. The van der Waals surface area contributed by atoms with Crippen molar-refractivity contribution in [1.82, 2.24) is 20.4 Å². The molecule has 0 atom stereocenters. The van der Waals surface area contributed by atoms with Crippen LogP contribution in [0.25, 0.3) is 0 Å². The molecular formula is C7H7N4. The zero-order chi connectivity index (χ0) is 7.78. The van der Waals surface area contributed by atoms with Gasteiger partial charge in [-0.2, -0.15) is 0 Å². The third-order valence-corrected chi connectivity index (χ3v) is 0.861. The minimum Gasteiger partial charge on any atom is -0.265 e. The molecule has 55 valence electrons. The fraction of sp³-hybridized carbons (Fsp3) is 0. The van der Waals surface area contributed by atoms with Crippen LogP contribution in [0.1, 0.15) is 0 Å². The number of nitrogens with zero attached hydrogens (tertiary/aromatic N) is 3. The number of rotatable bonds is 0. The van der Waals surface area contributed by atoms with E-state index in [0.29, 0.717) is 0 Å². The Hall–Kier alpha value is -1.71. The highest BCUT2D eigenvalue weighted by Crippen LogP contribution is 1.73. The van der Waals surface area contributed by atoms with Crippen molar-refractivity contribution in [2.45, 2.75) is 0 Å². The molecule has 0 amide bonds. The second kappa shape index (κ2) is 5.10. The molecule has 0 saturated carbocycles. The molecule has 0 aromatic carbocycles. The number of hydrogen-bond acceptors (Lipinski definition) is 3. The van der Waals surface area contributed by atoms with Gasteiger partial charge in [-0.05, 0) is 12.1 Å². The van der Waals surface area contributed by atoms with Crippen LogP contribution in [-0.2, 0) is 0 Å². The molecule has 11 heavy (non-hydrogen) atoms. The quantitative estimate of drug-likeness (QED) is 0.596. The van der Waals surface area contributed by atoms with Crippen LogP contribution in [0.4, 0.5) is 0 Å². The summed E-state index contributed by atoms with van der Waals surface area (Å²) in [7, 11) is 0. The zero-order valence-corrected chi connectivity index (χ0v) is 5.81. The lowest BCUT2D eigenvalue weighted by Crippen LogP contribution is -1.62. The maximum absolute atomic E-state index is 3.78. The lowest BCUT2D eigenvalue weighted by molar-refractivity contribution is 0.938. The van der Waals surface area contributed by atoms with Crippen molar-refractivity contribution in [3.05, 3.63) is 43.0 Å². The minimum absolute atomic E-state index is 1.53. The molecule has 4 heteroatoms. The van der Waals surface area contributed by atoms with Crippen molar-refractivity contribution in [2.75, 3.05) is 0 Å². The summed E-state index contributed by atoms with van der Waals surface area (Å²) in [5.74, 6) is 0. The Balaban J connectivity index is 0.000000112. The van der Waals surface area contributed by atoms with Gasteiger partial charge in [0.05, 0.1) is 6.20 Å². The summed E-state index contributed by atoms with van der Waals surface area (Å²) in [6.45, 7) is 0. The van der Waals surface area contributed by atoms with Gasteiger partial charge in [-0.15, -0.1) is 5.10 Å². The van der Waals surface area contributed by atoms with E-state index in [1.807, 2.05) is 18.2 Å². The van der Waals surface area contributed by atoms with Crippen molar-refractivity contribution >= 4 is 0 Å². The Morgan fingerprint density at radius 2 is 1.91 bits per heavy atom. The molecule has 0 fully saturated rings. The molecule has 2 rings (SSSR count). The second-order valence-corrected chi connectivity index (χ2v) is 1.63. The maximum Gasteiger partial charge on any atom is 0.134 e. The first-order valence-electron chi connectivity index (χ1n) is 3.07. The lowest BCUT2D eigenvalue weighted by atomic mass is 10.5. The zero-order valence-electron chi connectivity index (χ0n) is 5.81. The van der Waals surface area contributed by atoms with Crippen LogP contribution in [0, 0.1) is 6.20 Å². The third-order valence-electron chi connectivity index (χ3n) is 0.861. The Morgan fingerprint density at radius 1 is 1.09 bits per heavy atom. The van der Waals surface area contributed by atoms with Crippen LogP contribution in [0.2, 0.25) is 0 Å². The molecule has 0 aliphatic rings. The van der Waals surface area contributed by atoms with Gasteiger partial charge in [0.1, 0.15) is 6.20 Å². The maximum atomic E-state index is 3.78. The predicted octanol–water partition coefficient (Wildman–Crippen LogP) is 0.686. The molecular weight excluding hydrogens is 140 g/mol. The Morgan fingerprint density at radius 3 is 2.09 bits per heavy atom. The van der Waals surface area contributed by atoms with Crippen LogP contribution in [0.3, 0.4) is 0 Å². The standard InChI is InChI=1S/C5H5N.C2H2N3/c1-2-4-6-5-3-1;1-2-4-5-3-1/h1-5H;1H,(H,3,4,5). The van der Waals surface area contributed by atoms with E-state index in [-0.39, 0.29) is 0 Å². The molecule has 0 saturated heterocycles. The average molecular weight is 147 g/mol. The lowest BCUT2D eigenvalue weighted by Gasteiger charge is -1.70. The summed E-state index contributed by atoms with van der Waals surface area (Å²) in [5.41, 5.74) is 0. The van der Waals surface area contributed by atoms with Crippen LogP contribution in [-0.4, -0.2) is 20.4 Å². The van der Waals surface area contributed by atoms with E-state index in [0.717, 1.165) is 0 Å². The van der Waals surface area contributed by atoms with E-state index >= 15 is 0 Å². The molecule has 0 spiro atoms. The van der Waals surface area contributed by atoms with E-state index < -0.39 is 0 Å². The van der Waals surface area contributed by atoms with Crippen molar-refractivity contribution < 1.29 is 0 Å². The van der Waals surface area contributed by atoms with Crippen molar-refractivity contribution in [3.63, 3.8) is 0 Å². The van der Waals surface area contributed by atoms with E-state index in [4.69, 9.17) is 0 Å². The van der Waals surface area contributed by atoms with Gasteiger partial charge in [0.15, 0.2) is 0 Å². The van der Waals surface area contributed by atoms with E-state index in [2.05, 4.69) is 26.6 Å². The van der Waals surface area contributed by atoms with Crippen molar-refractivity contribution in [2.24, 2.45) is 0 Å². The first-order chi connectivity index (χ1) is 5.50. The highest BCUT2D eigenvalue weighted by molar-refractivity contribution is 4.88. The molecule has 0 unspecified atom stereocenters. The number of hydrogen-bond donors (Lipinski definition) is 1. The molecule has 1 N–H and O–H groups in total. The van der Waals surface area contributed by atoms with Gasteiger partial charge in [0, 0.05) is 12.4 Å². The van der Waals surface area contributed by atoms with Crippen LogP contribution >= 0.6 is 0 Å². The number of aromatic amines is 1. The van der Waals surface area contributed by atoms with Gasteiger partial charge in [0.2, 0.25) is 0 Å². The molecule has 2 aromatic heterocycles. The molecule has 2 heterocycles. The number of nitrogens with one attached hydrogen (secondary N) is 1. The van der Waals surface area contributed by atoms with E-state index in [1.165, 1.54) is 6.20 Å². The summed E-state index contributed by atoms with van der Waals surface area (Å²) >= 11 is 0. The van der Waals surface area contributed by atoms with Gasteiger partial charge in [-0.3, -0.25) is 10.1 Å². The highest BCUT2D eigenvalue weighted by Gasteiger charge is 1.59. The van der Waals surface area contributed by atoms with Crippen molar-refractivity contribution in [1.29, 1.82) is 0 Å². The molecule has 1 radical (unpaired) electrons. The Labute approximate surface area is 64.3 Å². The topological polar surface area (TPSA) is 54.5 Å². The van der Waals surface area contributed by atoms with Crippen LogP contribution < -0.4 is 0 Å². The van der Waals surface area contributed by atoms with Gasteiger partial charge in [0.25, 0.3) is 0 Å². The second-order valence-electron chi connectivity index (χ2n) is 1.63. The normalized spacial score (nSPS) is 8.00. The van der Waals surface area contributed by atoms with E-state index in [1.54, 1.807) is 12.4 Å².